The van der Waals surface area contributed by atoms with Crippen LogP contribution in [0.1, 0.15) is 5.56 Å². The minimum atomic E-state index is -0.111. The van der Waals surface area contributed by atoms with Gasteiger partial charge < -0.3 is 10.2 Å². The Morgan fingerprint density at radius 3 is 2.41 bits per heavy atom. The molecule has 0 radical (unpaired) electrons. The Hall–Kier alpha value is -2.81. The van der Waals surface area contributed by atoms with Gasteiger partial charge in [-0.1, -0.05) is 66.7 Å². The molecule has 1 N–H and O–H groups in total. The molecule has 0 fully saturated rings. The van der Waals surface area contributed by atoms with Gasteiger partial charge in [0.1, 0.15) is 0 Å². The highest BCUT2D eigenvalue weighted by Crippen LogP contribution is 2.23. The average Bonchev–Trinajstić information content (AvgIpc) is 2.56. The zero-order chi connectivity index (χ0) is 15.4. The number of nitrogens with zero attached hydrogens (tertiary/aromatic N) is 1. The highest BCUT2D eigenvalue weighted by molar-refractivity contribution is 6.01. The Morgan fingerprint density at radius 2 is 1.59 bits per heavy atom. The van der Waals surface area contributed by atoms with Gasteiger partial charge in [0.25, 0.3) is 0 Å². The molecule has 3 aromatic rings. The number of fused-ring (bicyclic) bond motifs is 1. The van der Waals surface area contributed by atoms with Crippen LogP contribution in [-0.4, -0.2) is 18.0 Å². The predicted molar refractivity (Wildman–Crippen MR) is 90.9 cm³/mol. The predicted octanol–water partition coefficient (Wildman–Crippen LogP) is 4.50. The second-order valence-corrected chi connectivity index (χ2v) is 5.30. The summed E-state index contributed by atoms with van der Waals surface area (Å²) in [7, 11) is 1.80. The van der Waals surface area contributed by atoms with Gasteiger partial charge in [-0.05, 0) is 17.0 Å². The third-order valence-electron chi connectivity index (χ3n) is 3.64. The smallest absolute Gasteiger partial charge is 0.321 e. The molecule has 0 aromatic heterocycles. The molecule has 3 rings (SSSR count). The van der Waals surface area contributed by atoms with E-state index in [-0.39, 0.29) is 6.03 Å². The molecule has 22 heavy (non-hydrogen) atoms. The molecule has 2 amide bonds. The summed E-state index contributed by atoms with van der Waals surface area (Å²) in [6, 6.07) is 23.8. The van der Waals surface area contributed by atoms with Crippen LogP contribution in [-0.2, 0) is 6.54 Å². The number of urea groups is 1. The van der Waals surface area contributed by atoms with Crippen molar-refractivity contribution in [2.75, 3.05) is 12.4 Å². The van der Waals surface area contributed by atoms with E-state index in [1.165, 1.54) is 0 Å². The quantitative estimate of drug-likeness (QED) is 0.756. The topological polar surface area (TPSA) is 32.3 Å². The second-order valence-electron chi connectivity index (χ2n) is 5.30. The molecule has 0 atom stereocenters. The minimum absolute atomic E-state index is 0.111. The zero-order valence-electron chi connectivity index (χ0n) is 12.5. The van der Waals surface area contributed by atoms with Crippen LogP contribution < -0.4 is 5.32 Å². The van der Waals surface area contributed by atoms with Crippen molar-refractivity contribution in [3.63, 3.8) is 0 Å². The fourth-order valence-corrected chi connectivity index (χ4v) is 2.47. The van der Waals surface area contributed by atoms with Crippen molar-refractivity contribution >= 4 is 22.5 Å². The van der Waals surface area contributed by atoms with Gasteiger partial charge in [-0.3, -0.25) is 0 Å². The molecule has 0 saturated carbocycles. The monoisotopic (exact) mass is 290 g/mol. The Bertz CT molecular complexity index is 778. The van der Waals surface area contributed by atoms with Crippen LogP contribution in [0.15, 0.2) is 72.8 Å². The molecule has 0 saturated heterocycles. The summed E-state index contributed by atoms with van der Waals surface area (Å²) >= 11 is 0. The highest BCUT2D eigenvalue weighted by Gasteiger charge is 2.10. The van der Waals surface area contributed by atoms with Crippen molar-refractivity contribution in [1.82, 2.24) is 4.90 Å². The van der Waals surface area contributed by atoms with Crippen LogP contribution >= 0.6 is 0 Å². The number of anilines is 1. The molecule has 0 aliphatic carbocycles. The Morgan fingerprint density at radius 1 is 0.909 bits per heavy atom. The molecular weight excluding hydrogens is 272 g/mol. The molecule has 3 heteroatoms. The van der Waals surface area contributed by atoms with Crippen molar-refractivity contribution in [2.24, 2.45) is 0 Å². The van der Waals surface area contributed by atoms with Gasteiger partial charge in [-0.2, -0.15) is 0 Å². The van der Waals surface area contributed by atoms with Crippen LogP contribution in [0.4, 0.5) is 10.5 Å². The normalized spacial score (nSPS) is 10.4. The van der Waals surface area contributed by atoms with Gasteiger partial charge in [0, 0.05) is 19.0 Å². The second kappa shape index (κ2) is 6.31. The fraction of sp³-hybridized carbons (Fsp3) is 0.105. The van der Waals surface area contributed by atoms with Gasteiger partial charge in [-0.15, -0.1) is 0 Å². The lowest BCUT2D eigenvalue weighted by Crippen LogP contribution is -2.30. The Balaban J connectivity index is 1.75. The number of carbonyl (C=O) groups excluding carboxylic acids is 1. The zero-order valence-corrected chi connectivity index (χ0v) is 12.5. The number of hydrogen-bond acceptors (Lipinski definition) is 1. The van der Waals surface area contributed by atoms with Crippen LogP contribution in [0.5, 0.6) is 0 Å². The van der Waals surface area contributed by atoms with Crippen molar-refractivity contribution in [3.8, 4) is 0 Å². The van der Waals surface area contributed by atoms with Gasteiger partial charge in [0.2, 0.25) is 0 Å². The molecule has 0 unspecified atom stereocenters. The first kappa shape index (κ1) is 14.1. The van der Waals surface area contributed by atoms with Crippen LogP contribution in [0.2, 0.25) is 0 Å². The van der Waals surface area contributed by atoms with Crippen molar-refractivity contribution in [1.29, 1.82) is 0 Å². The SMILES string of the molecule is CN(Cc1ccccc1)C(=O)Nc1cccc2ccccc12. The van der Waals surface area contributed by atoms with Gasteiger partial charge in [-0.25, -0.2) is 4.79 Å². The van der Waals surface area contributed by atoms with Gasteiger partial charge in [0.15, 0.2) is 0 Å². The number of benzene rings is 3. The van der Waals surface area contributed by atoms with Gasteiger partial charge in [0.05, 0.1) is 5.69 Å². The van der Waals surface area contributed by atoms with E-state index in [1.807, 2.05) is 72.8 Å². The van der Waals surface area contributed by atoms with Crippen molar-refractivity contribution < 1.29 is 4.79 Å². The lowest BCUT2D eigenvalue weighted by atomic mass is 10.1. The number of nitrogens with one attached hydrogen (secondary N) is 1. The highest BCUT2D eigenvalue weighted by atomic mass is 16.2. The van der Waals surface area contributed by atoms with E-state index in [4.69, 9.17) is 0 Å². The van der Waals surface area contributed by atoms with E-state index in [0.29, 0.717) is 6.54 Å². The number of rotatable bonds is 3. The third kappa shape index (κ3) is 3.09. The molecule has 0 heterocycles. The molecule has 110 valence electrons. The molecule has 0 aliphatic heterocycles. The Labute approximate surface area is 130 Å². The summed E-state index contributed by atoms with van der Waals surface area (Å²) in [4.78, 5) is 14.1. The fourth-order valence-electron chi connectivity index (χ4n) is 2.47. The standard InChI is InChI=1S/C19H18N2O/c1-21(14-15-8-3-2-4-9-15)19(22)20-18-13-7-11-16-10-5-6-12-17(16)18/h2-13H,14H2,1H3,(H,20,22). The largest absolute Gasteiger partial charge is 0.323 e. The lowest BCUT2D eigenvalue weighted by molar-refractivity contribution is 0.220. The molecule has 3 nitrogen and oxygen atoms in total. The summed E-state index contributed by atoms with van der Waals surface area (Å²) in [6.45, 7) is 0.581. The summed E-state index contributed by atoms with van der Waals surface area (Å²) in [5, 5.41) is 5.16. The maximum absolute atomic E-state index is 12.4. The van der Waals surface area contributed by atoms with Crippen molar-refractivity contribution in [2.45, 2.75) is 6.54 Å². The number of carbonyl (C=O) groups is 1. The van der Waals surface area contributed by atoms with E-state index < -0.39 is 0 Å². The number of amides is 2. The maximum atomic E-state index is 12.4. The van der Waals surface area contributed by atoms with E-state index in [2.05, 4.69) is 5.32 Å². The molecular formula is C19H18N2O. The third-order valence-corrected chi connectivity index (χ3v) is 3.64. The first-order valence-electron chi connectivity index (χ1n) is 7.28. The van der Waals surface area contributed by atoms with E-state index in [1.54, 1.807) is 11.9 Å². The first-order valence-corrected chi connectivity index (χ1v) is 7.28. The summed E-state index contributed by atoms with van der Waals surface area (Å²) in [5.41, 5.74) is 1.95. The van der Waals surface area contributed by atoms with E-state index >= 15 is 0 Å². The summed E-state index contributed by atoms with van der Waals surface area (Å²) in [6.07, 6.45) is 0. The molecule has 0 spiro atoms. The molecule has 0 aliphatic rings. The summed E-state index contributed by atoms with van der Waals surface area (Å²) < 4.78 is 0. The van der Waals surface area contributed by atoms with E-state index in [9.17, 15) is 4.79 Å². The number of hydrogen-bond donors (Lipinski definition) is 1. The lowest BCUT2D eigenvalue weighted by Gasteiger charge is -2.19. The average molecular weight is 290 g/mol. The van der Waals surface area contributed by atoms with Crippen LogP contribution in [0, 0.1) is 0 Å². The van der Waals surface area contributed by atoms with Crippen LogP contribution in [0.3, 0.4) is 0 Å². The summed E-state index contributed by atoms with van der Waals surface area (Å²) in [5.74, 6) is 0. The van der Waals surface area contributed by atoms with Gasteiger partial charge >= 0.3 is 6.03 Å². The molecule has 0 bridgehead atoms. The minimum Gasteiger partial charge on any atom is -0.323 e. The molecule has 3 aromatic carbocycles. The maximum Gasteiger partial charge on any atom is 0.321 e. The van der Waals surface area contributed by atoms with E-state index in [0.717, 1.165) is 22.0 Å². The van der Waals surface area contributed by atoms with Crippen LogP contribution in [0.25, 0.3) is 10.8 Å². The van der Waals surface area contributed by atoms with Crippen molar-refractivity contribution in [3.05, 3.63) is 78.4 Å². The Kier molecular flexibility index (Phi) is 4.05. The first-order chi connectivity index (χ1) is 10.7.